The van der Waals surface area contributed by atoms with Gasteiger partial charge in [0.1, 0.15) is 12.7 Å². The van der Waals surface area contributed by atoms with Crippen molar-refractivity contribution in [3.05, 3.63) is 125 Å². The van der Waals surface area contributed by atoms with Crippen LogP contribution in [0.4, 0.5) is 0 Å². The number of benzene rings is 3. The number of imidazole rings is 1. The number of hydrogen-bond donors (Lipinski definition) is 0. The van der Waals surface area contributed by atoms with Crippen molar-refractivity contribution < 1.29 is 42.9 Å². The van der Waals surface area contributed by atoms with E-state index in [1.807, 2.05) is 6.07 Å². The summed E-state index contributed by atoms with van der Waals surface area (Å²) in [7, 11) is 1.16. The Morgan fingerprint density at radius 2 is 1.39 bits per heavy atom. The number of methoxy groups -OCH3 is 1. The number of ether oxygens (including phenoxy) is 5. The van der Waals surface area contributed by atoms with E-state index >= 15 is 0 Å². The highest BCUT2D eigenvalue weighted by Gasteiger charge is 2.61. The number of carbonyl (C=O) groups excluding carboxylic acids is 4. The minimum Gasteiger partial charge on any atom is -0.464 e. The summed E-state index contributed by atoms with van der Waals surface area (Å²) in [5.41, 5.74) is -1.22. The molecule has 1 aliphatic heterocycles. The highest BCUT2D eigenvalue weighted by molar-refractivity contribution is 5.91. The van der Waals surface area contributed by atoms with Gasteiger partial charge in [0.05, 0.1) is 48.3 Å². The molecule has 1 saturated heterocycles. The van der Waals surface area contributed by atoms with Crippen LogP contribution in [0.2, 0.25) is 0 Å². The molecule has 0 amide bonds. The molecule has 46 heavy (non-hydrogen) atoms. The Hall–Kier alpha value is -5.80. The quantitative estimate of drug-likeness (QED) is 0.183. The molecule has 3 aromatic carbocycles. The van der Waals surface area contributed by atoms with Crippen LogP contribution in [-0.2, 0) is 30.1 Å². The van der Waals surface area contributed by atoms with E-state index in [-0.39, 0.29) is 34.5 Å². The summed E-state index contributed by atoms with van der Waals surface area (Å²) in [6.07, 6.45) is -2.95. The number of hydrogen-bond acceptors (Lipinski definition) is 11. The molecule has 5 rings (SSSR count). The van der Waals surface area contributed by atoms with E-state index in [1.165, 1.54) is 17.8 Å². The lowest BCUT2D eigenvalue weighted by atomic mass is 9.95. The van der Waals surface area contributed by atoms with Gasteiger partial charge in [0.25, 0.3) is 0 Å². The molecule has 4 aromatic rings. The first-order valence-corrected chi connectivity index (χ1v) is 14.2. The highest BCUT2D eigenvalue weighted by Crippen LogP contribution is 2.45. The molecule has 234 valence electrons. The molecule has 4 atom stereocenters. The van der Waals surface area contributed by atoms with E-state index in [4.69, 9.17) is 23.7 Å². The maximum Gasteiger partial charge on any atom is 0.356 e. The fourth-order valence-electron chi connectivity index (χ4n) is 5.16. The van der Waals surface area contributed by atoms with Gasteiger partial charge in [-0.3, -0.25) is 4.57 Å². The second kappa shape index (κ2) is 13.9. The maximum atomic E-state index is 13.6. The summed E-state index contributed by atoms with van der Waals surface area (Å²) >= 11 is 0. The van der Waals surface area contributed by atoms with Crippen molar-refractivity contribution in [2.24, 2.45) is 0 Å². The van der Waals surface area contributed by atoms with Crippen LogP contribution in [0.15, 0.2) is 97.3 Å². The number of nitrogens with zero attached hydrogens (tertiary/aromatic N) is 3. The van der Waals surface area contributed by atoms with Gasteiger partial charge in [-0.15, -0.1) is 0 Å². The van der Waals surface area contributed by atoms with Gasteiger partial charge in [-0.1, -0.05) is 54.6 Å². The Morgan fingerprint density at radius 3 is 1.93 bits per heavy atom. The van der Waals surface area contributed by atoms with Crippen molar-refractivity contribution in [3.8, 4) is 6.07 Å². The fraction of sp³-hybridized carbons (Fsp3) is 0.235. The maximum absolute atomic E-state index is 13.6. The zero-order chi connectivity index (χ0) is 32.7. The van der Waals surface area contributed by atoms with Crippen LogP contribution in [0.3, 0.4) is 0 Å². The number of nitriles is 1. The molecule has 0 saturated carbocycles. The van der Waals surface area contributed by atoms with Crippen molar-refractivity contribution in [3.63, 3.8) is 0 Å². The van der Waals surface area contributed by atoms with Crippen molar-refractivity contribution in [2.45, 2.75) is 37.4 Å². The molecule has 1 aliphatic rings. The zero-order valence-electron chi connectivity index (χ0n) is 24.9. The molecule has 1 fully saturated rings. The number of aromatic nitrogens is 2. The van der Waals surface area contributed by atoms with Crippen LogP contribution < -0.4 is 0 Å². The van der Waals surface area contributed by atoms with Crippen LogP contribution in [0.5, 0.6) is 0 Å². The van der Waals surface area contributed by atoms with Crippen LogP contribution in [0.1, 0.15) is 60.4 Å². The average molecular weight is 624 g/mol. The second-order valence-electron chi connectivity index (χ2n) is 10.4. The van der Waals surface area contributed by atoms with Crippen LogP contribution in [0, 0.1) is 11.3 Å². The third-order valence-electron chi connectivity index (χ3n) is 7.40. The molecule has 2 heterocycles. The molecular weight excluding hydrogens is 594 g/mol. The Morgan fingerprint density at radius 1 is 0.848 bits per heavy atom. The Kier molecular flexibility index (Phi) is 9.54. The lowest BCUT2D eigenvalue weighted by Gasteiger charge is -2.35. The van der Waals surface area contributed by atoms with Crippen molar-refractivity contribution in [2.75, 3.05) is 13.7 Å². The SMILES string of the molecule is COC(=O)c1c(CC#N)ncn1[C@@H]1O[C@H](COC(=O)c2ccccc2)[C@@H](OC(=O)c2ccccc2)[C@@]1(C)OC(=O)c1ccccc1. The second-order valence-corrected chi connectivity index (χ2v) is 10.4. The average Bonchev–Trinajstić information content (AvgIpc) is 3.62. The topological polar surface area (TPSA) is 156 Å². The van der Waals surface area contributed by atoms with E-state index in [1.54, 1.807) is 91.0 Å². The summed E-state index contributed by atoms with van der Waals surface area (Å²) < 4.78 is 30.3. The van der Waals surface area contributed by atoms with E-state index in [0.29, 0.717) is 0 Å². The lowest BCUT2D eigenvalue weighted by molar-refractivity contribution is -0.110. The first kappa shape index (κ1) is 31.6. The van der Waals surface area contributed by atoms with Crippen molar-refractivity contribution >= 4 is 23.9 Å². The number of rotatable bonds is 10. The molecule has 0 aliphatic carbocycles. The monoisotopic (exact) mass is 623 g/mol. The van der Waals surface area contributed by atoms with Gasteiger partial charge in [0, 0.05) is 0 Å². The number of esters is 4. The third kappa shape index (κ3) is 6.50. The number of carbonyl (C=O) groups is 4. The van der Waals surface area contributed by atoms with Gasteiger partial charge < -0.3 is 23.7 Å². The molecule has 0 radical (unpaired) electrons. The van der Waals surface area contributed by atoms with Gasteiger partial charge in [0.2, 0.25) is 0 Å². The van der Waals surface area contributed by atoms with Gasteiger partial charge in [-0.2, -0.15) is 5.26 Å². The molecule has 12 heteroatoms. The van der Waals surface area contributed by atoms with E-state index < -0.39 is 54.5 Å². The summed E-state index contributed by atoms with van der Waals surface area (Å²) in [6.45, 7) is 1.05. The zero-order valence-corrected chi connectivity index (χ0v) is 24.9. The third-order valence-corrected chi connectivity index (χ3v) is 7.40. The normalized spacial score (nSPS) is 20.2. The van der Waals surface area contributed by atoms with Crippen molar-refractivity contribution in [1.82, 2.24) is 9.55 Å². The first-order valence-electron chi connectivity index (χ1n) is 14.2. The summed E-state index contributed by atoms with van der Waals surface area (Å²) in [6, 6.07) is 26.5. The van der Waals surface area contributed by atoms with E-state index in [9.17, 15) is 24.4 Å². The van der Waals surface area contributed by atoms with Crippen molar-refractivity contribution in [1.29, 1.82) is 5.26 Å². The highest BCUT2D eigenvalue weighted by atomic mass is 16.7. The predicted molar refractivity (Wildman–Crippen MR) is 159 cm³/mol. The smallest absolute Gasteiger partial charge is 0.356 e. The van der Waals surface area contributed by atoms with Gasteiger partial charge in [0.15, 0.2) is 23.6 Å². The first-order chi connectivity index (χ1) is 22.3. The standard InChI is InChI=1S/C34H29N3O9/c1-34(46-31(40)24-16-10-5-11-17-24)28(45-30(39)23-14-8-4-9-15-23)26(20-43-29(38)22-12-6-3-7-13-22)44-33(34)37-21-36-25(18-19-35)27(37)32(41)42-2/h3-17,21,26,28,33H,18,20H2,1-2H3/t26-,28-,33-,34-/m1/s1. The molecule has 0 bridgehead atoms. The Bertz CT molecular complexity index is 1750. The van der Waals surface area contributed by atoms with Crippen LogP contribution in [0.25, 0.3) is 0 Å². The molecular formula is C34H29N3O9. The van der Waals surface area contributed by atoms with E-state index in [0.717, 1.165) is 7.11 Å². The van der Waals surface area contributed by atoms with Crippen LogP contribution in [-0.4, -0.2) is 65.0 Å². The lowest BCUT2D eigenvalue weighted by Crippen LogP contribution is -2.50. The van der Waals surface area contributed by atoms with Crippen LogP contribution >= 0.6 is 0 Å². The molecule has 12 nitrogen and oxygen atoms in total. The Labute approximate surface area is 264 Å². The summed E-state index contributed by atoms with van der Waals surface area (Å²) in [4.78, 5) is 57.1. The molecule has 0 unspecified atom stereocenters. The Balaban J connectivity index is 1.59. The minimum atomic E-state index is -1.85. The molecule has 0 spiro atoms. The molecule has 1 aromatic heterocycles. The van der Waals surface area contributed by atoms with Gasteiger partial charge in [-0.05, 0) is 43.3 Å². The van der Waals surface area contributed by atoms with Gasteiger partial charge in [-0.25, -0.2) is 24.2 Å². The summed E-state index contributed by atoms with van der Waals surface area (Å²) in [5.74, 6) is -3.05. The van der Waals surface area contributed by atoms with E-state index in [2.05, 4.69) is 4.98 Å². The molecule has 0 N–H and O–H groups in total. The fourth-order valence-corrected chi connectivity index (χ4v) is 5.16. The minimum absolute atomic E-state index is 0.0893. The van der Waals surface area contributed by atoms with Gasteiger partial charge >= 0.3 is 23.9 Å². The largest absolute Gasteiger partial charge is 0.464 e. The predicted octanol–water partition coefficient (Wildman–Crippen LogP) is 4.33. The summed E-state index contributed by atoms with van der Waals surface area (Å²) in [5, 5.41) is 9.37.